The van der Waals surface area contributed by atoms with Gasteiger partial charge >= 0.3 is 0 Å². The zero-order valence-corrected chi connectivity index (χ0v) is 18.4. The minimum absolute atomic E-state index is 0.000635. The Morgan fingerprint density at radius 1 is 0.938 bits per heavy atom. The summed E-state index contributed by atoms with van der Waals surface area (Å²) in [6, 6.07) is 11.3. The number of hydrogen-bond acceptors (Lipinski definition) is 4. The highest BCUT2D eigenvalue weighted by atomic mass is 16.2. The molecule has 0 N–H and O–H groups in total. The zero-order valence-electron chi connectivity index (χ0n) is 18.4. The zero-order chi connectivity index (χ0) is 22.6. The Hall–Kier alpha value is -3.22. The maximum atomic E-state index is 13.8. The normalized spacial score (nSPS) is 22.7. The number of rotatable bonds is 4. The van der Waals surface area contributed by atoms with Crippen molar-refractivity contribution in [1.29, 1.82) is 0 Å². The highest BCUT2D eigenvalue weighted by molar-refractivity contribution is 6.22. The van der Waals surface area contributed by atoms with E-state index >= 15 is 0 Å². The molecule has 3 aliphatic rings. The molecule has 0 saturated carbocycles. The van der Waals surface area contributed by atoms with Crippen LogP contribution in [0.25, 0.3) is 0 Å². The molecule has 3 atom stereocenters. The Morgan fingerprint density at radius 3 is 2.28 bits per heavy atom. The number of nitrogens with zero attached hydrogens (tertiary/aromatic N) is 3. The monoisotopic (exact) mass is 433 g/mol. The van der Waals surface area contributed by atoms with E-state index in [1.807, 2.05) is 29.4 Å². The molecule has 7 nitrogen and oxygen atoms in total. The number of piperidine rings is 1. The van der Waals surface area contributed by atoms with E-state index in [-0.39, 0.29) is 29.2 Å². The first-order valence-corrected chi connectivity index (χ1v) is 11.3. The molecule has 4 heterocycles. The molecule has 0 spiro atoms. The molecule has 166 valence electrons. The van der Waals surface area contributed by atoms with Crippen molar-refractivity contribution < 1.29 is 14.4 Å². The number of carbonyl (C=O) groups excluding carboxylic acids is 3. The van der Waals surface area contributed by atoms with Crippen molar-refractivity contribution in [1.82, 2.24) is 14.4 Å². The number of aromatic nitrogens is 1. The summed E-state index contributed by atoms with van der Waals surface area (Å²) in [6.07, 6.45) is 1.36. The van der Waals surface area contributed by atoms with Crippen molar-refractivity contribution in [2.24, 2.45) is 11.8 Å². The second kappa shape index (κ2) is 7.73. The van der Waals surface area contributed by atoms with Gasteiger partial charge in [-0.05, 0) is 42.9 Å². The Bertz CT molecular complexity index is 1130. The van der Waals surface area contributed by atoms with Gasteiger partial charge in [0.05, 0.1) is 11.1 Å². The van der Waals surface area contributed by atoms with E-state index in [4.69, 9.17) is 0 Å². The van der Waals surface area contributed by atoms with E-state index < -0.39 is 17.9 Å². The Kier molecular flexibility index (Phi) is 4.99. The number of amides is 3. The number of carbonyl (C=O) groups is 3. The summed E-state index contributed by atoms with van der Waals surface area (Å²) in [4.78, 5) is 55.3. The van der Waals surface area contributed by atoms with Crippen molar-refractivity contribution in [3.63, 3.8) is 0 Å². The van der Waals surface area contributed by atoms with Gasteiger partial charge < -0.3 is 9.47 Å². The summed E-state index contributed by atoms with van der Waals surface area (Å²) in [7, 11) is 0. The van der Waals surface area contributed by atoms with Gasteiger partial charge in [0.15, 0.2) is 0 Å². The third kappa shape index (κ3) is 3.27. The maximum absolute atomic E-state index is 13.8. The van der Waals surface area contributed by atoms with Gasteiger partial charge in [0, 0.05) is 37.3 Å². The van der Waals surface area contributed by atoms with Crippen LogP contribution >= 0.6 is 0 Å². The number of benzene rings is 1. The molecule has 1 saturated heterocycles. The van der Waals surface area contributed by atoms with Gasteiger partial charge in [-0.3, -0.25) is 24.1 Å². The van der Waals surface area contributed by atoms with Crippen molar-refractivity contribution in [3.8, 4) is 0 Å². The lowest BCUT2D eigenvalue weighted by Gasteiger charge is -2.44. The molecule has 1 aromatic heterocycles. The summed E-state index contributed by atoms with van der Waals surface area (Å²) in [6.45, 7) is 5.61. The van der Waals surface area contributed by atoms with Gasteiger partial charge in [-0.15, -0.1) is 0 Å². The van der Waals surface area contributed by atoms with Crippen LogP contribution in [0.1, 0.15) is 59.0 Å². The average molecular weight is 434 g/mol. The highest BCUT2D eigenvalue weighted by Crippen LogP contribution is 2.36. The maximum Gasteiger partial charge on any atom is 0.262 e. The first-order chi connectivity index (χ1) is 15.3. The van der Waals surface area contributed by atoms with Gasteiger partial charge in [0.2, 0.25) is 5.91 Å². The molecule has 2 bridgehead atoms. The summed E-state index contributed by atoms with van der Waals surface area (Å²) in [5.41, 5.74) is 1.69. The first kappa shape index (κ1) is 20.7. The second-order valence-corrected chi connectivity index (χ2v) is 9.61. The number of imide groups is 1. The average Bonchev–Trinajstić information content (AvgIpc) is 3.02. The fraction of sp³-hybridized carbons (Fsp3) is 0.440. The van der Waals surface area contributed by atoms with Gasteiger partial charge in [-0.1, -0.05) is 32.0 Å². The van der Waals surface area contributed by atoms with Gasteiger partial charge in [-0.25, -0.2) is 0 Å². The molecule has 0 aliphatic carbocycles. The number of pyridine rings is 1. The minimum atomic E-state index is -0.820. The van der Waals surface area contributed by atoms with Crippen LogP contribution in [-0.2, 0) is 11.3 Å². The van der Waals surface area contributed by atoms with Crippen LogP contribution in [0.4, 0.5) is 0 Å². The fourth-order valence-corrected chi connectivity index (χ4v) is 5.54. The van der Waals surface area contributed by atoms with Crippen LogP contribution in [-0.4, -0.2) is 51.2 Å². The molecular formula is C25H27N3O4. The predicted molar refractivity (Wildman–Crippen MR) is 118 cm³/mol. The van der Waals surface area contributed by atoms with Crippen LogP contribution in [0, 0.1) is 11.8 Å². The molecule has 3 aliphatic heterocycles. The predicted octanol–water partition coefficient (Wildman–Crippen LogP) is 2.50. The van der Waals surface area contributed by atoms with Crippen LogP contribution in [0.2, 0.25) is 0 Å². The Balaban J connectivity index is 1.45. The number of hydrogen-bond donors (Lipinski definition) is 0. The molecule has 1 fully saturated rings. The summed E-state index contributed by atoms with van der Waals surface area (Å²) in [5.74, 6) is -0.543. The third-order valence-corrected chi connectivity index (χ3v) is 6.91. The first-order valence-electron chi connectivity index (χ1n) is 11.3. The van der Waals surface area contributed by atoms with E-state index in [0.29, 0.717) is 37.2 Å². The number of fused-ring (bicyclic) bond motifs is 5. The summed E-state index contributed by atoms with van der Waals surface area (Å²) >= 11 is 0. The molecular weight excluding hydrogens is 406 g/mol. The van der Waals surface area contributed by atoms with E-state index in [1.165, 1.54) is 4.90 Å². The number of likely N-dealkylation sites (tertiary alicyclic amines) is 1. The van der Waals surface area contributed by atoms with Gasteiger partial charge in [0.25, 0.3) is 17.4 Å². The second-order valence-electron chi connectivity index (χ2n) is 9.61. The Morgan fingerprint density at radius 2 is 1.62 bits per heavy atom. The standard InChI is InChI=1S/C25H27N3O4/c1-15(2)10-21(28-23(30)18-6-3-4-7-19(18)24(28)31)25(32)26-12-16-11-17(14-26)20-8-5-9-22(29)27(20)13-16/h3-9,15-17,21H,10-14H2,1-2H3/t16-,17-,21+/m0/s1. The smallest absolute Gasteiger partial charge is 0.262 e. The van der Waals surface area contributed by atoms with Gasteiger partial charge in [-0.2, -0.15) is 0 Å². The Labute approximate surface area is 186 Å². The third-order valence-electron chi connectivity index (χ3n) is 6.91. The van der Waals surface area contributed by atoms with E-state index in [0.717, 1.165) is 12.1 Å². The van der Waals surface area contributed by atoms with Crippen molar-refractivity contribution in [2.75, 3.05) is 13.1 Å². The lowest BCUT2D eigenvalue weighted by molar-refractivity contribution is -0.138. The van der Waals surface area contributed by atoms with Crippen molar-refractivity contribution in [2.45, 2.75) is 45.2 Å². The molecule has 0 unspecified atom stereocenters. The van der Waals surface area contributed by atoms with Crippen molar-refractivity contribution >= 4 is 17.7 Å². The largest absolute Gasteiger partial charge is 0.340 e. The van der Waals surface area contributed by atoms with Crippen LogP contribution in [0.15, 0.2) is 47.3 Å². The molecule has 32 heavy (non-hydrogen) atoms. The molecule has 0 radical (unpaired) electrons. The van der Waals surface area contributed by atoms with Gasteiger partial charge in [0.1, 0.15) is 6.04 Å². The van der Waals surface area contributed by atoms with E-state index in [1.54, 1.807) is 36.4 Å². The topological polar surface area (TPSA) is 79.7 Å². The quantitative estimate of drug-likeness (QED) is 0.694. The van der Waals surface area contributed by atoms with Crippen molar-refractivity contribution in [3.05, 3.63) is 69.6 Å². The lowest BCUT2D eigenvalue weighted by Crippen LogP contribution is -2.56. The van der Waals surface area contributed by atoms with Crippen LogP contribution in [0.3, 0.4) is 0 Å². The SMILES string of the molecule is CC(C)C[C@H](C(=O)N1C[C@@H]2C[C@@H](C1)c1cccc(=O)n1C2)N1C(=O)c2ccccc2C1=O. The van der Waals surface area contributed by atoms with E-state index in [2.05, 4.69) is 0 Å². The molecule has 1 aromatic carbocycles. The summed E-state index contributed by atoms with van der Waals surface area (Å²) < 4.78 is 1.83. The molecule has 2 aromatic rings. The fourth-order valence-electron chi connectivity index (χ4n) is 5.54. The minimum Gasteiger partial charge on any atom is -0.340 e. The molecule has 5 rings (SSSR count). The molecule has 7 heteroatoms. The van der Waals surface area contributed by atoms with Crippen LogP contribution < -0.4 is 5.56 Å². The summed E-state index contributed by atoms with van der Waals surface area (Å²) in [5, 5.41) is 0. The highest BCUT2D eigenvalue weighted by Gasteiger charge is 2.45. The lowest BCUT2D eigenvalue weighted by atomic mass is 9.82. The van der Waals surface area contributed by atoms with Crippen LogP contribution in [0.5, 0.6) is 0 Å². The molecule has 3 amide bonds. The van der Waals surface area contributed by atoms with E-state index in [9.17, 15) is 19.2 Å².